The number of hydrogen-bond donors (Lipinski definition) is 1. The number of rotatable bonds is 4. The third-order valence-corrected chi connectivity index (χ3v) is 5.37. The highest BCUT2D eigenvalue weighted by Crippen LogP contribution is 2.30. The summed E-state index contributed by atoms with van der Waals surface area (Å²) >= 11 is 1.76. The molecular formula is C18H21NO2S. The molecule has 3 rings (SSSR count). The monoisotopic (exact) mass is 315 g/mol. The van der Waals surface area contributed by atoms with Gasteiger partial charge in [-0.25, -0.2) is 0 Å². The summed E-state index contributed by atoms with van der Waals surface area (Å²) in [7, 11) is 0. The van der Waals surface area contributed by atoms with Crippen LogP contribution in [0.3, 0.4) is 0 Å². The summed E-state index contributed by atoms with van der Waals surface area (Å²) in [5.74, 6) is -0.685. The fourth-order valence-electron chi connectivity index (χ4n) is 3.00. The van der Waals surface area contributed by atoms with Crippen molar-refractivity contribution in [2.75, 3.05) is 6.54 Å². The van der Waals surface area contributed by atoms with Gasteiger partial charge >= 0.3 is 5.97 Å². The standard InChI is InChI=1S/C18H21NO2S/c1-13-5-7-14(8-6-13)17-10-9-15(22-17)12-19-11-3-2-4-16(19)18(20)21/h5-10,16H,2-4,11-12H2,1H3,(H,20,21). The number of carboxylic acids is 1. The van der Waals surface area contributed by atoms with Crippen LogP contribution in [-0.4, -0.2) is 28.6 Å². The smallest absolute Gasteiger partial charge is 0.320 e. The van der Waals surface area contributed by atoms with E-state index in [1.165, 1.54) is 20.9 Å². The molecule has 3 nitrogen and oxygen atoms in total. The Morgan fingerprint density at radius 2 is 2.00 bits per heavy atom. The number of hydrogen-bond acceptors (Lipinski definition) is 3. The number of carboxylic acid groups (broad SMARTS) is 1. The summed E-state index contributed by atoms with van der Waals surface area (Å²) in [6.07, 6.45) is 2.89. The lowest BCUT2D eigenvalue weighted by Gasteiger charge is -2.32. The maximum atomic E-state index is 11.4. The molecule has 1 atom stereocenters. The Labute approximate surface area is 135 Å². The van der Waals surface area contributed by atoms with E-state index in [-0.39, 0.29) is 6.04 Å². The van der Waals surface area contributed by atoms with Crippen LogP contribution in [-0.2, 0) is 11.3 Å². The average molecular weight is 315 g/mol. The number of nitrogens with zero attached hydrogens (tertiary/aromatic N) is 1. The molecular weight excluding hydrogens is 294 g/mol. The zero-order chi connectivity index (χ0) is 15.5. The minimum Gasteiger partial charge on any atom is -0.480 e. The predicted octanol–water partition coefficient (Wildman–Crippen LogP) is 4.16. The van der Waals surface area contributed by atoms with Crippen LogP contribution in [0.25, 0.3) is 10.4 Å². The molecule has 1 aliphatic rings. The first-order chi connectivity index (χ1) is 10.6. The summed E-state index contributed by atoms with van der Waals surface area (Å²) in [5, 5.41) is 9.36. The predicted molar refractivity (Wildman–Crippen MR) is 90.2 cm³/mol. The van der Waals surface area contributed by atoms with E-state index < -0.39 is 5.97 Å². The third kappa shape index (κ3) is 3.39. The van der Waals surface area contributed by atoms with Gasteiger partial charge in [-0.05, 0) is 44.0 Å². The summed E-state index contributed by atoms with van der Waals surface area (Å²) in [4.78, 5) is 16.0. The minimum absolute atomic E-state index is 0.321. The molecule has 2 aromatic rings. The molecule has 0 aliphatic carbocycles. The average Bonchev–Trinajstić information content (AvgIpc) is 2.97. The zero-order valence-electron chi connectivity index (χ0n) is 12.8. The van der Waals surface area contributed by atoms with Gasteiger partial charge in [0.2, 0.25) is 0 Å². The highest BCUT2D eigenvalue weighted by molar-refractivity contribution is 7.15. The molecule has 0 bridgehead atoms. The number of aryl methyl sites for hydroxylation is 1. The van der Waals surface area contributed by atoms with E-state index in [1.807, 2.05) is 0 Å². The fourth-order valence-corrected chi connectivity index (χ4v) is 4.03. The van der Waals surface area contributed by atoms with Crippen LogP contribution in [0.1, 0.15) is 29.7 Å². The van der Waals surface area contributed by atoms with Crippen molar-refractivity contribution in [2.45, 2.75) is 38.8 Å². The van der Waals surface area contributed by atoms with Gasteiger partial charge in [0.25, 0.3) is 0 Å². The van der Waals surface area contributed by atoms with Gasteiger partial charge in [0.05, 0.1) is 0 Å². The van der Waals surface area contributed by atoms with E-state index >= 15 is 0 Å². The zero-order valence-corrected chi connectivity index (χ0v) is 13.6. The molecule has 4 heteroatoms. The fraction of sp³-hybridized carbons (Fsp3) is 0.389. The maximum Gasteiger partial charge on any atom is 0.320 e. The van der Waals surface area contributed by atoms with E-state index in [0.717, 1.165) is 32.4 Å². The van der Waals surface area contributed by atoms with Crippen LogP contribution in [0.15, 0.2) is 36.4 Å². The Morgan fingerprint density at radius 1 is 1.23 bits per heavy atom. The highest BCUT2D eigenvalue weighted by Gasteiger charge is 2.28. The number of likely N-dealkylation sites (tertiary alicyclic amines) is 1. The Balaban J connectivity index is 1.73. The first-order valence-electron chi connectivity index (χ1n) is 7.76. The van der Waals surface area contributed by atoms with Crippen LogP contribution in [0.5, 0.6) is 0 Å². The van der Waals surface area contributed by atoms with Gasteiger partial charge in [-0.1, -0.05) is 36.2 Å². The van der Waals surface area contributed by atoms with Crippen LogP contribution in [0.2, 0.25) is 0 Å². The molecule has 1 aromatic carbocycles. The number of piperidine rings is 1. The van der Waals surface area contributed by atoms with E-state index in [2.05, 4.69) is 48.2 Å². The van der Waals surface area contributed by atoms with Crippen molar-refractivity contribution in [3.05, 3.63) is 46.8 Å². The number of thiophene rings is 1. The van der Waals surface area contributed by atoms with Gasteiger partial charge in [0.1, 0.15) is 6.04 Å². The van der Waals surface area contributed by atoms with Gasteiger partial charge in [0, 0.05) is 16.3 Å². The number of carbonyl (C=O) groups is 1. The number of aliphatic carboxylic acids is 1. The third-order valence-electron chi connectivity index (χ3n) is 4.26. The lowest BCUT2D eigenvalue weighted by atomic mass is 10.0. The molecule has 0 saturated carbocycles. The minimum atomic E-state index is -0.685. The maximum absolute atomic E-state index is 11.4. The second-order valence-corrected chi connectivity index (χ2v) is 7.12. The summed E-state index contributed by atoms with van der Waals surface area (Å²) in [6, 6.07) is 12.5. The number of benzene rings is 1. The molecule has 1 unspecified atom stereocenters. The summed E-state index contributed by atoms with van der Waals surface area (Å²) < 4.78 is 0. The Hall–Kier alpha value is -1.65. The van der Waals surface area contributed by atoms with Gasteiger partial charge in [-0.15, -0.1) is 11.3 Å². The van der Waals surface area contributed by atoms with Gasteiger partial charge < -0.3 is 5.11 Å². The van der Waals surface area contributed by atoms with E-state index in [4.69, 9.17) is 0 Å². The lowest BCUT2D eigenvalue weighted by molar-refractivity contribution is -0.144. The van der Waals surface area contributed by atoms with Crippen LogP contribution in [0.4, 0.5) is 0 Å². The lowest BCUT2D eigenvalue weighted by Crippen LogP contribution is -2.43. The molecule has 1 fully saturated rings. The molecule has 1 aliphatic heterocycles. The molecule has 1 saturated heterocycles. The Morgan fingerprint density at radius 3 is 2.73 bits per heavy atom. The van der Waals surface area contributed by atoms with Crippen molar-refractivity contribution in [3.63, 3.8) is 0 Å². The van der Waals surface area contributed by atoms with Crippen molar-refractivity contribution in [1.82, 2.24) is 4.90 Å². The molecule has 0 radical (unpaired) electrons. The molecule has 22 heavy (non-hydrogen) atoms. The van der Waals surface area contributed by atoms with Crippen molar-refractivity contribution in [1.29, 1.82) is 0 Å². The van der Waals surface area contributed by atoms with Crippen molar-refractivity contribution < 1.29 is 9.90 Å². The molecule has 1 aromatic heterocycles. The van der Waals surface area contributed by atoms with Crippen molar-refractivity contribution in [3.8, 4) is 10.4 Å². The van der Waals surface area contributed by atoms with Crippen LogP contribution < -0.4 is 0 Å². The van der Waals surface area contributed by atoms with E-state index in [0.29, 0.717) is 0 Å². The van der Waals surface area contributed by atoms with E-state index in [1.54, 1.807) is 11.3 Å². The van der Waals surface area contributed by atoms with Crippen LogP contribution in [0, 0.1) is 6.92 Å². The Bertz CT molecular complexity index is 647. The van der Waals surface area contributed by atoms with Crippen LogP contribution >= 0.6 is 11.3 Å². The Kier molecular flexibility index (Phi) is 4.60. The quantitative estimate of drug-likeness (QED) is 0.921. The first-order valence-corrected chi connectivity index (χ1v) is 8.58. The van der Waals surface area contributed by atoms with Gasteiger partial charge in [-0.3, -0.25) is 9.69 Å². The second kappa shape index (κ2) is 6.63. The molecule has 1 N–H and O–H groups in total. The molecule has 116 valence electrons. The summed E-state index contributed by atoms with van der Waals surface area (Å²) in [5.41, 5.74) is 2.49. The van der Waals surface area contributed by atoms with Gasteiger partial charge in [0.15, 0.2) is 0 Å². The normalized spacial score (nSPS) is 19.2. The second-order valence-electron chi connectivity index (χ2n) is 5.95. The topological polar surface area (TPSA) is 40.5 Å². The first kappa shape index (κ1) is 15.3. The van der Waals surface area contributed by atoms with E-state index in [9.17, 15) is 9.90 Å². The van der Waals surface area contributed by atoms with Crippen molar-refractivity contribution >= 4 is 17.3 Å². The molecule has 0 amide bonds. The largest absolute Gasteiger partial charge is 0.480 e. The molecule has 0 spiro atoms. The SMILES string of the molecule is Cc1ccc(-c2ccc(CN3CCCCC3C(=O)O)s2)cc1. The van der Waals surface area contributed by atoms with Gasteiger partial charge in [-0.2, -0.15) is 0 Å². The van der Waals surface area contributed by atoms with Crippen molar-refractivity contribution in [2.24, 2.45) is 0 Å². The highest BCUT2D eigenvalue weighted by atomic mass is 32.1. The molecule has 2 heterocycles. The summed E-state index contributed by atoms with van der Waals surface area (Å²) in [6.45, 7) is 3.72.